The standard InChI is InChI=1S/C10H9N3OS/c15-7-11-6-8-5-10(13-14-8)9-3-1-2-4-12-9/h1-4,8H,5-6H2. The van der Waals surface area contributed by atoms with Crippen LogP contribution >= 0.6 is 12.2 Å². The number of nitrogens with zero attached hydrogens (tertiary/aromatic N) is 3. The van der Waals surface area contributed by atoms with E-state index in [0.717, 1.165) is 17.8 Å². The van der Waals surface area contributed by atoms with Crippen molar-refractivity contribution in [1.29, 1.82) is 0 Å². The Labute approximate surface area is 92.7 Å². The van der Waals surface area contributed by atoms with Crippen molar-refractivity contribution in [3.8, 4) is 0 Å². The minimum atomic E-state index is -0.0301. The lowest BCUT2D eigenvalue weighted by Crippen LogP contribution is -2.12. The molecule has 0 saturated carbocycles. The highest BCUT2D eigenvalue weighted by Crippen LogP contribution is 2.14. The lowest BCUT2D eigenvalue weighted by atomic mass is 10.1. The van der Waals surface area contributed by atoms with Crippen LogP contribution in [-0.2, 0) is 4.84 Å². The highest BCUT2D eigenvalue weighted by atomic mass is 32.1. The zero-order chi connectivity index (χ0) is 10.5. The Balaban J connectivity index is 2.01. The smallest absolute Gasteiger partial charge is 0.153 e. The summed E-state index contributed by atoms with van der Waals surface area (Å²) in [5.41, 5.74) is 1.71. The third kappa shape index (κ3) is 2.46. The van der Waals surface area contributed by atoms with Crippen LogP contribution < -0.4 is 0 Å². The van der Waals surface area contributed by atoms with Gasteiger partial charge in [-0.05, 0) is 24.4 Å². The van der Waals surface area contributed by atoms with E-state index in [0.29, 0.717) is 6.54 Å². The van der Waals surface area contributed by atoms with Crippen LogP contribution in [0.3, 0.4) is 0 Å². The van der Waals surface area contributed by atoms with Gasteiger partial charge in [0.05, 0.1) is 17.4 Å². The van der Waals surface area contributed by atoms with E-state index in [1.54, 1.807) is 6.20 Å². The Hall–Kier alpha value is -1.58. The predicted molar refractivity (Wildman–Crippen MR) is 60.2 cm³/mol. The maximum Gasteiger partial charge on any atom is 0.153 e. The fourth-order valence-electron chi connectivity index (χ4n) is 1.35. The SMILES string of the molecule is S=C=NCC1CC(c2ccccn2)=NO1. The van der Waals surface area contributed by atoms with Gasteiger partial charge < -0.3 is 4.84 Å². The molecule has 0 amide bonds. The normalized spacial score (nSPS) is 18.9. The van der Waals surface area contributed by atoms with Crippen molar-refractivity contribution in [3.63, 3.8) is 0 Å². The van der Waals surface area contributed by atoms with Gasteiger partial charge >= 0.3 is 0 Å². The average Bonchev–Trinajstić information content (AvgIpc) is 2.76. The van der Waals surface area contributed by atoms with E-state index in [2.05, 4.69) is 32.5 Å². The monoisotopic (exact) mass is 219 g/mol. The van der Waals surface area contributed by atoms with Crippen molar-refractivity contribution in [1.82, 2.24) is 4.98 Å². The summed E-state index contributed by atoms with van der Waals surface area (Å²) in [5, 5.41) is 6.28. The van der Waals surface area contributed by atoms with Gasteiger partial charge in [0, 0.05) is 12.6 Å². The minimum Gasteiger partial charge on any atom is -0.390 e. The maximum atomic E-state index is 5.19. The number of hydrogen-bond acceptors (Lipinski definition) is 5. The number of isothiocyanates is 1. The molecule has 0 aromatic carbocycles. The highest BCUT2D eigenvalue weighted by molar-refractivity contribution is 7.78. The summed E-state index contributed by atoms with van der Waals surface area (Å²) >= 11 is 4.49. The van der Waals surface area contributed by atoms with Crippen molar-refractivity contribution >= 4 is 23.1 Å². The molecule has 15 heavy (non-hydrogen) atoms. The summed E-state index contributed by atoms with van der Waals surface area (Å²) in [6.07, 6.45) is 2.43. The van der Waals surface area contributed by atoms with Gasteiger partial charge in [0.25, 0.3) is 0 Å². The first-order chi connectivity index (χ1) is 7.40. The van der Waals surface area contributed by atoms with Gasteiger partial charge in [-0.25, -0.2) is 4.99 Å². The van der Waals surface area contributed by atoms with Crippen LogP contribution in [0.1, 0.15) is 12.1 Å². The molecule has 2 rings (SSSR count). The van der Waals surface area contributed by atoms with E-state index < -0.39 is 0 Å². The average molecular weight is 219 g/mol. The molecule has 0 bridgehead atoms. The van der Waals surface area contributed by atoms with Crippen molar-refractivity contribution < 1.29 is 4.84 Å². The van der Waals surface area contributed by atoms with Crippen LogP contribution in [-0.4, -0.2) is 28.5 Å². The van der Waals surface area contributed by atoms with Crippen LogP contribution in [0.2, 0.25) is 0 Å². The Kier molecular flexibility index (Phi) is 3.17. The lowest BCUT2D eigenvalue weighted by molar-refractivity contribution is 0.0924. The van der Waals surface area contributed by atoms with Gasteiger partial charge in [-0.2, -0.15) is 0 Å². The van der Waals surface area contributed by atoms with Gasteiger partial charge in [0.2, 0.25) is 0 Å². The van der Waals surface area contributed by atoms with Crippen LogP contribution in [0.25, 0.3) is 0 Å². The number of thiocarbonyl (C=S) groups is 1. The third-order valence-corrected chi connectivity index (χ3v) is 2.18. The summed E-state index contributed by atoms with van der Waals surface area (Å²) in [6.45, 7) is 0.503. The molecule has 5 heteroatoms. The first-order valence-electron chi connectivity index (χ1n) is 4.58. The van der Waals surface area contributed by atoms with Gasteiger partial charge in [-0.1, -0.05) is 11.2 Å². The van der Waals surface area contributed by atoms with Crippen molar-refractivity contribution in [2.45, 2.75) is 12.5 Å². The topological polar surface area (TPSA) is 46.8 Å². The van der Waals surface area contributed by atoms with Gasteiger partial charge in [-0.3, -0.25) is 4.98 Å². The number of oxime groups is 1. The number of aromatic nitrogens is 1. The quantitative estimate of drug-likeness (QED) is 0.574. The van der Waals surface area contributed by atoms with Crippen LogP contribution in [0.4, 0.5) is 0 Å². The van der Waals surface area contributed by atoms with E-state index in [1.807, 2.05) is 18.2 Å². The fraction of sp³-hybridized carbons (Fsp3) is 0.300. The molecule has 4 nitrogen and oxygen atoms in total. The molecule has 0 saturated heterocycles. The molecule has 1 aromatic heterocycles. The summed E-state index contributed by atoms with van der Waals surface area (Å²) < 4.78 is 0. The number of rotatable bonds is 3. The van der Waals surface area contributed by atoms with Crippen LogP contribution in [0.15, 0.2) is 34.5 Å². The Morgan fingerprint density at radius 3 is 3.27 bits per heavy atom. The molecule has 1 unspecified atom stereocenters. The summed E-state index contributed by atoms with van der Waals surface area (Å²) in [7, 11) is 0. The zero-order valence-corrected chi connectivity index (χ0v) is 8.78. The Morgan fingerprint density at radius 1 is 1.60 bits per heavy atom. The Morgan fingerprint density at radius 2 is 2.53 bits per heavy atom. The zero-order valence-electron chi connectivity index (χ0n) is 7.96. The van der Waals surface area contributed by atoms with Gasteiger partial charge in [-0.15, -0.1) is 0 Å². The first kappa shape index (κ1) is 9.96. The van der Waals surface area contributed by atoms with E-state index in [-0.39, 0.29) is 6.10 Å². The molecule has 0 fully saturated rings. The summed E-state index contributed by atoms with van der Waals surface area (Å²) in [5.74, 6) is 0. The molecule has 1 aliphatic heterocycles. The maximum absolute atomic E-state index is 5.19. The predicted octanol–water partition coefficient (Wildman–Crippen LogP) is 1.68. The molecular formula is C10H9N3OS. The molecule has 76 valence electrons. The van der Waals surface area contributed by atoms with Crippen LogP contribution in [0.5, 0.6) is 0 Å². The fourth-order valence-corrected chi connectivity index (χ4v) is 1.42. The lowest BCUT2D eigenvalue weighted by Gasteiger charge is -2.01. The van der Waals surface area contributed by atoms with E-state index in [1.165, 1.54) is 0 Å². The molecule has 0 spiro atoms. The molecule has 0 aliphatic carbocycles. The third-order valence-electron chi connectivity index (χ3n) is 2.05. The summed E-state index contributed by atoms with van der Waals surface area (Å²) in [4.78, 5) is 13.2. The molecular weight excluding hydrogens is 210 g/mol. The molecule has 1 atom stereocenters. The second kappa shape index (κ2) is 4.77. The van der Waals surface area contributed by atoms with Gasteiger partial charge in [0.15, 0.2) is 6.10 Å². The molecule has 0 N–H and O–H groups in total. The second-order valence-electron chi connectivity index (χ2n) is 3.12. The molecule has 0 radical (unpaired) electrons. The number of hydrogen-bond donors (Lipinski definition) is 0. The highest BCUT2D eigenvalue weighted by Gasteiger charge is 2.22. The first-order valence-corrected chi connectivity index (χ1v) is 4.98. The van der Waals surface area contributed by atoms with Crippen LogP contribution in [0, 0.1) is 0 Å². The molecule has 2 heterocycles. The largest absolute Gasteiger partial charge is 0.390 e. The van der Waals surface area contributed by atoms with E-state index >= 15 is 0 Å². The van der Waals surface area contributed by atoms with E-state index in [9.17, 15) is 0 Å². The van der Waals surface area contributed by atoms with Crippen molar-refractivity contribution in [3.05, 3.63) is 30.1 Å². The Bertz CT molecular complexity index is 412. The number of pyridine rings is 1. The minimum absolute atomic E-state index is 0.0301. The second-order valence-corrected chi connectivity index (χ2v) is 3.30. The van der Waals surface area contributed by atoms with Gasteiger partial charge in [0.1, 0.15) is 5.71 Å². The molecule has 1 aliphatic rings. The van der Waals surface area contributed by atoms with Crippen molar-refractivity contribution in [2.75, 3.05) is 6.54 Å². The number of aliphatic imine (C=N–C) groups is 1. The van der Waals surface area contributed by atoms with Crippen molar-refractivity contribution in [2.24, 2.45) is 10.1 Å². The summed E-state index contributed by atoms with van der Waals surface area (Å²) in [6, 6.07) is 5.70. The molecule has 1 aromatic rings. The van der Waals surface area contributed by atoms with E-state index in [4.69, 9.17) is 4.84 Å².